The third-order valence-electron chi connectivity index (χ3n) is 1.46. The molecular formula is C7H8N3O3-. The first-order valence-corrected chi connectivity index (χ1v) is 3.42. The summed E-state index contributed by atoms with van der Waals surface area (Å²) in [5.41, 5.74) is 2.08. The lowest BCUT2D eigenvalue weighted by Gasteiger charge is -2.21. The maximum Gasteiger partial charge on any atom is 0.265 e. The van der Waals surface area contributed by atoms with Gasteiger partial charge in [-0.2, -0.15) is 0 Å². The van der Waals surface area contributed by atoms with E-state index < -0.39 is 5.91 Å². The molecule has 6 nitrogen and oxygen atoms in total. The van der Waals surface area contributed by atoms with Crippen molar-refractivity contribution in [1.29, 1.82) is 0 Å². The molecule has 13 heavy (non-hydrogen) atoms. The van der Waals surface area contributed by atoms with E-state index in [9.17, 15) is 10.0 Å². The molecule has 0 aliphatic heterocycles. The maximum absolute atomic E-state index is 10.9. The normalized spacial score (nSPS) is 9.46. The number of carbonyl (C=O) groups is 1. The van der Waals surface area contributed by atoms with Gasteiger partial charge in [-0.25, -0.2) is 5.84 Å². The Morgan fingerprint density at radius 1 is 1.62 bits per heavy atom. The molecule has 0 aliphatic carbocycles. The van der Waals surface area contributed by atoms with Crippen LogP contribution in [-0.4, -0.2) is 11.1 Å². The molecule has 6 heteroatoms. The molecule has 0 spiro atoms. The zero-order chi connectivity index (χ0) is 9.84. The van der Waals surface area contributed by atoms with E-state index in [0.717, 1.165) is 0 Å². The van der Waals surface area contributed by atoms with E-state index >= 15 is 0 Å². The first-order valence-electron chi connectivity index (χ1n) is 3.42. The van der Waals surface area contributed by atoms with E-state index in [1.165, 1.54) is 24.3 Å². The van der Waals surface area contributed by atoms with Crippen molar-refractivity contribution in [2.75, 3.05) is 5.23 Å². The third-order valence-corrected chi connectivity index (χ3v) is 1.46. The minimum Gasteiger partial charge on any atom is -0.733 e. The van der Waals surface area contributed by atoms with Crippen molar-refractivity contribution in [3.8, 4) is 0 Å². The van der Waals surface area contributed by atoms with Crippen molar-refractivity contribution in [2.45, 2.75) is 0 Å². The molecule has 0 atom stereocenters. The molecule has 4 N–H and O–H groups in total. The molecule has 0 aromatic heterocycles. The van der Waals surface area contributed by atoms with Gasteiger partial charge in [0.1, 0.15) is 0 Å². The standard InChI is InChI=1S/C7H8N3O3/c8-9-7(11)5-2-1-3-6(4-5)10(12)13/h1-4,12H,8H2,(H,9,11)/q-1. The van der Waals surface area contributed by atoms with Gasteiger partial charge in [0.2, 0.25) is 0 Å². The lowest BCUT2D eigenvalue weighted by molar-refractivity contribution is 0.0953. The average molecular weight is 182 g/mol. The molecule has 0 saturated carbocycles. The van der Waals surface area contributed by atoms with Crippen LogP contribution in [0.15, 0.2) is 24.3 Å². The smallest absolute Gasteiger partial charge is 0.265 e. The Morgan fingerprint density at radius 2 is 2.31 bits per heavy atom. The van der Waals surface area contributed by atoms with Gasteiger partial charge in [0, 0.05) is 5.56 Å². The molecule has 0 radical (unpaired) electrons. The molecule has 1 rings (SSSR count). The molecule has 0 aliphatic rings. The number of nitrogen functional groups attached to an aromatic ring is 1. The fourth-order valence-corrected chi connectivity index (χ4v) is 0.849. The van der Waals surface area contributed by atoms with Crippen LogP contribution in [0.25, 0.3) is 0 Å². The number of hydrazine groups is 1. The number of nitrogens with one attached hydrogen (secondary N) is 1. The topological polar surface area (TPSA) is 102 Å². The molecule has 1 aromatic rings. The summed E-state index contributed by atoms with van der Waals surface area (Å²) in [6, 6.07) is 5.51. The summed E-state index contributed by atoms with van der Waals surface area (Å²) >= 11 is 0. The second kappa shape index (κ2) is 3.85. The average Bonchev–Trinajstić information content (AvgIpc) is 2.17. The van der Waals surface area contributed by atoms with Crippen molar-refractivity contribution in [1.82, 2.24) is 5.43 Å². The van der Waals surface area contributed by atoms with E-state index in [0.29, 0.717) is 0 Å². The number of carbonyl (C=O) groups excluding carboxylic acids is 1. The number of nitrogens with two attached hydrogens (primary N) is 1. The number of amides is 1. The van der Waals surface area contributed by atoms with E-state index in [1.54, 1.807) is 0 Å². The highest BCUT2D eigenvalue weighted by Crippen LogP contribution is 2.13. The molecule has 0 heterocycles. The first-order chi connectivity index (χ1) is 6.15. The van der Waals surface area contributed by atoms with Crippen molar-refractivity contribution in [3.05, 3.63) is 35.0 Å². The summed E-state index contributed by atoms with van der Waals surface area (Å²) in [5, 5.41) is 18.6. The zero-order valence-electron chi connectivity index (χ0n) is 6.60. The molecule has 0 bridgehead atoms. The van der Waals surface area contributed by atoms with Gasteiger partial charge in [-0.3, -0.25) is 15.4 Å². The Balaban J connectivity index is 2.98. The van der Waals surface area contributed by atoms with E-state index in [4.69, 9.17) is 11.0 Å². The van der Waals surface area contributed by atoms with E-state index in [-0.39, 0.29) is 16.5 Å². The maximum atomic E-state index is 10.9. The second-order valence-corrected chi connectivity index (χ2v) is 2.30. The van der Waals surface area contributed by atoms with Crippen LogP contribution in [0.2, 0.25) is 0 Å². The highest BCUT2D eigenvalue weighted by atomic mass is 16.8. The largest absolute Gasteiger partial charge is 0.733 e. The van der Waals surface area contributed by atoms with Crippen LogP contribution < -0.4 is 16.5 Å². The van der Waals surface area contributed by atoms with Crippen LogP contribution in [0.1, 0.15) is 10.4 Å². The minimum atomic E-state index is -0.524. The Hall–Kier alpha value is -1.63. The summed E-state index contributed by atoms with van der Waals surface area (Å²) in [5.74, 6) is 4.35. The monoisotopic (exact) mass is 182 g/mol. The fraction of sp³-hybridized carbons (Fsp3) is 0. The lowest BCUT2D eigenvalue weighted by atomic mass is 10.2. The molecular weight excluding hydrogens is 174 g/mol. The number of anilines is 1. The van der Waals surface area contributed by atoms with E-state index in [2.05, 4.69) is 0 Å². The van der Waals surface area contributed by atoms with Crippen LogP contribution in [-0.2, 0) is 0 Å². The molecule has 0 fully saturated rings. The third kappa shape index (κ3) is 2.15. The summed E-state index contributed by atoms with van der Waals surface area (Å²) < 4.78 is 0. The molecule has 0 unspecified atom stereocenters. The van der Waals surface area contributed by atoms with E-state index in [1.807, 2.05) is 5.43 Å². The number of benzene rings is 1. The number of hydrogen-bond donors (Lipinski definition) is 3. The molecule has 70 valence electrons. The Labute approximate surface area is 74.1 Å². The fourth-order valence-electron chi connectivity index (χ4n) is 0.849. The zero-order valence-corrected chi connectivity index (χ0v) is 6.60. The summed E-state index contributed by atoms with van der Waals surface area (Å²) in [6.07, 6.45) is 0. The first kappa shape index (κ1) is 9.46. The number of nitrogens with zero attached hydrogens (tertiary/aromatic N) is 1. The van der Waals surface area contributed by atoms with Crippen LogP contribution in [0.3, 0.4) is 0 Å². The Morgan fingerprint density at radius 3 is 2.85 bits per heavy atom. The van der Waals surface area contributed by atoms with Crippen LogP contribution in [0, 0.1) is 5.21 Å². The highest BCUT2D eigenvalue weighted by Gasteiger charge is 2.03. The van der Waals surface area contributed by atoms with Gasteiger partial charge in [0.15, 0.2) is 0 Å². The Kier molecular flexibility index (Phi) is 2.80. The quantitative estimate of drug-likeness (QED) is 0.339. The molecule has 1 aromatic carbocycles. The predicted molar refractivity (Wildman–Crippen MR) is 45.7 cm³/mol. The second-order valence-electron chi connectivity index (χ2n) is 2.30. The van der Waals surface area contributed by atoms with Gasteiger partial charge < -0.3 is 10.4 Å². The minimum absolute atomic E-state index is 0.0268. The number of hydrogen-bond acceptors (Lipinski definition) is 5. The predicted octanol–water partition coefficient (Wildman–Crippen LogP) is -0.0165. The van der Waals surface area contributed by atoms with Gasteiger partial charge in [-0.1, -0.05) is 6.07 Å². The van der Waals surface area contributed by atoms with Crippen LogP contribution in [0.4, 0.5) is 5.69 Å². The highest BCUT2D eigenvalue weighted by molar-refractivity contribution is 5.94. The number of rotatable bonds is 2. The molecule has 1 amide bonds. The van der Waals surface area contributed by atoms with Crippen molar-refractivity contribution in [3.63, 3.8) is 0 Å². The van der Waals surface area contributed by atoms with Crippen LogP contribution in [0.5, 0.6) is 0 Å². The van der Waals surface area contributed by atoms with Gasteiger partial charge in [0.05, 0.1) is 5.69 Å². The van der Waals surface area contributed by atoms with Gasteiger partial charge in [-0.15, -0.1) is 0 Å². The molecule has 0 saturated heterocycles. The van der Waals surface area contributed by atoms with Gasteiger partial charge in [0.25, 0.3) is 5.91 Å². The van der Waals surface area contributed by atoms with Crippen molar-refractivity contribution >= 4 is 11.6 Å². The van der Waals surface area contributed by atoms with Crippen molar-refractivity contribution in [2.24, 2.45) is 5.84 Å². The lowest BCUT2D eigenvalue weighted by Crippen LogP contribution is -2.30. The summed E-state index contributed by atoms with van der Waals surface area (Å²) in [4.78, 5) is 10.9. The van der Waals surface area contributed by atoms with Gasteiger partial charge in [-0.05, 0) is 18.2 Å². The Bertz CT molecular complexity index is 314. The van der Waals surface area contributed by atoms with Gasteiger partial charge >= 0.3 is 0 Å². The summed E-state index contributed by atoms with van der Waals surface area (Å²) in [7, 11) is 0. The SMILES string of the molecule is NNC(=O)c1cccc(N([O-])O)c1. The summed E-state index contributed by atoms with van der Waals surface area (Å²) in [6.45, 7) is 0. The van der Waals surface area contributed by atoms with Crippen LogP contribution >= 0.6 is 0 Å². The van der Waals surface area contributed by atoms with Crippen molar-refractivity contribution < 1.29 is 10.0 Å².